The first-order chi connectivity index (χ1) is 7.25. The molecule has 0 aromatic heterocycles. The third-order valence-electron chi connectivity index (χ3n) is 2.52. The topological polar surface area (TPSA) is 12.0 Å². The summed E-state index contributed by atoms with van der Waals surface area (Å²) in [6.45, 7) is 0. The van der Waals surface area contributed by atoms with Gasteiger partial charge in [-0.3, -0.25) is 0 Å². The smallest absolute Gasteiger partial charge is 0.125 e. The third-order valence-corrected chi connectivity index (χ3v) is 3.22. The van der Waals surface area contributed by atoms with E-state index >= 15 is 0 Å². The van der Waals surface area contributed by atoms with Gasteiger partial charge in [0, 0.05) is 10.5 Å². The average Bonchev–Trinajstić information content (AvgIpc) is 2.25. The van der Waals surface area contributed by atoms with E-state index in [1.807, 2.05) is 0 Å². The van der Waals surface area contributed by atoms with Crippen molar-refractivity contribution in [3.63, 3.8) is 0 Å². The van der Waals surface area contributed by atoms with E-state index in [1.165, 1.54) is 18.6 Å². The molecule has 1 aliphatic rings. The lowest BCUT2D eigenvalue weighted by molar-refractivity contribution is 0.626. The monoisotopic (exact) mass is 269 g/mol. The predicted molar refractivity (Wildman–Crippen MR) is 64.5 cm³/mol. The first kappa shape index (κ1) is 10.7. The molecule has 0 aliphatic heterocycles. The zero-order valence-corrected chi connectivity index (χ0v) is 9.93. The number of halogens is 2. The van der Waals surface area contributed by atoms with Crippen LogP contribution in [0.4, 0.5) is 10.1 Å². The normalized spacial score (nSPS) is 20.3. The van der Waals surface area contributed by atoms with Gasteiger partial charge in [-0.2, -0.15) is 0 Å². The second kappa shape index (κ2) is 4.79. The Morgan fingerprint density at radius 1 is 1.40 bits per heavy atom. The number of benzene rings is 1. The standard InChI is InChI=1S/C12H13BrFN/c13-11-7-6-9(14)8-12(11)15-10-4-2-1-3-5-10/h2,4,6-8,10,15H,1,3,5H2. The van der Waals surface area contributed by atoms with Crippen LogP contribution in [0, 0.1) is 5.82 Å². The second-order valence-corrected chi connectivity index (χ2v) is 4.59. The molecule has 15 heavy (non-hydrogen) atoms. The van der Waals surface area contributed by atoms with Crippen LogP contribution in [0.15, 0.2) is 34.8 Å². The van der Waals surface area contributed by atoms with Crippen molar-refractivity contribution in [1.29, 1.82) is 0 Å². The Morgan fingerprint density at radius 3 is 3.00 bits per heavy atom. The Morgan fingerprint density at radius 2 is 2.27 bits per heavy atom. The van der Waals surface area contributed by atoms with Crippen LogP contribution in [0.25, 0.3) is 0 Å². The summed E-state index contributed by atoms with van der Waals surface area (Å²) in [6.07, 6.45) is 7.79. The molecule has 0 fully saturated rings. The van der Waals surface area contributed by atoms with E-state index in [-0.39, 0.29) is 5.82 Å². The fourth-order valence-corrected chi connectivity index (χ4v) is 2.10. The Balaban J connectivity index is 2.12. The Bertz CT molecular complexity index is 376. The molecule has 1 aromatic rings. The van der Waals surface area contributed by atoms with E-state index in [9.17, 15) is 4.39 Å². The molecule has 0 radical (unpaired) electrons. The SMILES string of the molecule is Fc1ccc(Br)c(NC2C=CCCC2)c1. The molecule has 0 bridgehead atoms. The van der Waals surface area contributed by atoms with E-state index in [2.05, 4.69) is 33.4 Å². The van der Waals surface area contributed by atoms with Crippen LogP contribution in [0.5, 0.6) is 0 Å². The summed E-state index contributed by atoms with van der Waals surface area (Å²) in [5.41, 5.74) is 0.826. The van der Waals surface area contributed by atoms with Crippen LogP contribution in [0.3, 0.4) is 0 Å². The summed E-state index contributed by atoms with van der Waals surface area (Å²) in [5.74, 6) is -0.208. The highest BCUT2D eigenvalue weighted by Gasteiger charge is 2.10. The van der Waals surface area contributed by atoms with Crippen molar-refractivity contribution in [2.45, 2.75) is 25.3 Å². The van der Waals surface area contributed by atoms with E-state index in [0.29, 0.717) is 6.04 Å². The van der Waals surface area contributed by atoms with Crippen molar-refractivity contribution in [1.82, 2.24) is 0 Å². The van der Waals surface area contributed by atoms with Gasteiger partial charge >= 0.3 is 0 Å². The van der Waals surface area contributed by atoms with Gasteiger partial charge in [-0.25, -0.2) is 4.39 Å². The highest BCUT2D eigenvalue weighted by molar-refractivity contribution is 9.10. The maximum atomic E-state index is 13.0. The summed E-state index contributed by atoms with van der Waals surface area (Å²) in [5, 5.41) is 3.32. The highest BCUT2D eigenvalue weighted by Crippen LogP contribution is 2.25. The highest BCUT2D eigenvalue weighted by atomic mass is 79.9. The molecule has 0 spiro atoms. The molecular formula is C12H13BrFN. The fraction of sp³-hybridized carbons (Fsp3) is 0.333. The van der Waals surface area contributed by atoms with Crippen LogP contribution >= 0.6 is 15.9 Å². The van der Waals surface area contributed by atoms with Gasteiger partial charge in [-0.05, 0) is 53.4 Å². The van der Waals surface area contributed by atoms with Gasteiger partial charge < -0.3 is 5.32 Å². The quantitative estimate of drug-likeness (QED) is 0.797. The zero-order valence-electron chi connectivity index (χ0n) is 8.34. The number of rotatable bonds is 2. The molecular weight excluding hydrogens is 257 g/mol. The fourth-order valence-electron chi connectivity index (χ4n) is 1.74. The molecule has 3 heteroatoms. The largest absolute Gasteiger partial charge is 0.378 e. The van der Waals surface area contributed by atoms with E-state index < -0.39 is 0 Å². The lowest BCUT2D eigenvalue weighted by Crippen LogP contribution is -2.18. The molecule has 80 valence electrons. The van der Waals surface area contributed by atoms with Gasteiger partial charge in [0.05, 0.1) is 5.69 Å². The summed E-state index contributed by atoms with van der Waals surface area (Å²) in [6, 6.07) is 5.03. The molecule has 0 saturated carbocycles. The number of allylic oxidation sites excluding steroid dienone is 1. The van der Waals surface area contributed by atoms with Crippen LogP contribution in [0.1, 0.15) is 19.3 Å². The molecule has 2 rings (SSSR count). The maximum Gasteiger partial charge on any atom is 0.125 e. The molecule has 1 nitrogen and oxygen atoms in total. The second-order valence-electron chi connectivity index (χ2n) is 3.73. The first-order valence-corrected chi connectivity index (χ1v) is 5.93. The number of nitrogens with one attached hydrogen (secondary N) is 1. The van der Waals surface area contributed by atoms with Gasteiger partial charge in [0.15, 0.2) is 0 Å². The maximum absolute atomic E-state index is 13.0. The Labute approximate surface area is 97.5 Å². The van der Waals surface area contributed by atoms with Crippen molar-refractivity contribution in [3.8, 4) is 0 Å². The van der Waals surface area contributed by atoms with Crippen LogP contribution in [0.2, 0.25) is 0 Å². The van der Waals surface area contributed by atoms with Gasteiger partial charge in [-0.15, -0.1) is 0 Å². The minimum absolute atomic E-state index is 0.208. The lowest BCUT2D eigenvalue weighted by atomic mass is 10.0. The molecule has 0 saturated heterocycles. The Kier molecular flexibility index (Phi) is 3.41. The summed E-state index contributed by atoms with van der Waals surface area (Å²) >= 11 is 3.40. The molecule has 1 N–H and O–H groups in total. The average molecular weight is 270 g/mol. The van der Waals surface area contributed by atoms with Crippen LogP contribution in [-0.4, -0.2) is 6.04 Å². The predicted octanol–water partition coefficient (Wildman–Crippen LogP) is 4.11. The van der Waals surface area contributed by atoms with Crippen molar-refractivity contribution in [2.24, 2.45) is 0 Å². The molecule has 1 aliphatic carbocycles. The van der Waals surface area contributed by atoms with E-state index in [1.54, 1.807) is 6.07 Å². The number of anilines is 1. The van der Waals surface area contributed by atoms with E-state index in [4.69, 9.17) is 0 Å². The van der Waals surface area contributed by atoms with Crippen molar-refractivity contribution < 1.29 is 4.39 Å². The minimum Gasteiger partial charge on any atom is -0.378 e. The van der Waals surface area contributed by atoms with Crippen LogP contribution in [-0.2, 0) is 0 Å². The number of hydrogen-bond acceptors (Lipinski definition) is 1. The molecule has 1 unspecified atom stereocenters. The lowest BCUT2D eigenvalue weighted by Gasteiger charge is -2.20. The number of hydrogen-bond donors (Lipinski definition) is 1. The van der Waals surface area contributed by atoms with Crippen molar-refractivity contribution in [3.05, 3.63) is 40.6 Å². The van der Waals surface area contributed by atoms with Crippen molar-refractivity contribution >= 4 is 21.6 Å². The molecule has 0 heterocycles. The van der Waals surface area contributed by atoms with Gasteiger partial charge in [-0.1, -0.05) is 12.2 Å². The summed E-state index contributed by atoms with van der Waals surface area (Å²) in [7, 11) is 0. The van der Waals surface area contributed by atoms with E-state index in [0.717, 1.165) is 23.0 Å². The molecule has 1 atom stereocenters. The van der Waals surface area contributed by atoms with Crippen molar-refractivity contribution in [2.75, 3.05) is 5.32 Å². The zero-order chi connectivity index (χ0) is 10.7. The minimum atomic E-state index is -0.208. The van der Waals surface area contributed by atoms with Gasteiger partial charge in [0.1, 0.15) is 5.82 Å². The van der Waals surface area contributed by atoms with Gasteiger partial charge in [0.25, 0.3) is 0 Å². The Hall–Kier alpha value is -0.830. The molecule has 0 amide bonds. The first-order valence-electron chi connectivity index (χ1n) is 5.14. The molecule has 1 aromatic carbocycles. The van der Waals surface area contributed by atoms with Gasteiger partial charge in [0.2, 0.25) is 0 Å². The summed E-state index contributed by atoms with van der Waals surface area (Å²) in [4.78, 5) is 0. The third kappa shape index (κ3) is 2.81. The van der Waals surface area contributed by atoms with Crippen LogP contribution < -0.4 is 5.32 Å². The summed E-state index contributed by atoms with van der Waals surface area (Å²) < 4.78 is 13.9.